The smallest absolute Gasteiger partial charge is 0.0472 e. The van der Waals surface area contributed by atoms with Crippen LogP contribution < -0.4 is 5.73 Å². The third kappa shape index (κ3) is 2.44. The molecule has 3 rings (SSSR count). The highest BCUT2D eigenvalue weighted by molar-refractivity contribution is 5.19. The normalized spacial score (nSPS) is 24.7. The SMILES string of the molecule is NC(CN1CC2(CCOCC2)C1)c1ccccc1. The van der Waals surface area contributed by atoms with Gasteiger partial charge in [-0.15, -0.1) is 0 Å². The summed E-state index contributed by atoms with van der Waals surface area (Å²) in [6.45, 7) is 5.28. The number of hydrogen-bond donors (Lipinski definition) is 1. The number of likely N-dealkylation sites (tertiary alicyclic amines) is 1. The van der Waals surface area contributed by atoms with Gasteiger partial charge in [0.1, 0.15) is 0 Å². The fourth-order valence-electron chi connectivity index (χ4n) is 3.24. The summed E-state index contributed by atoms with van der Waals surface area (Å²) < 4.78 is 5.44. The van der Waals surface area contributed by atoms with E-state index in [0.717, 1.165) is 19.8 Å². The third-order valence-corrected chi connectivity index (χ3v) is 4.35. The van der Waals surface area contributed by atoms with Crippen LogP contribution in [0.15, 0.2) is 30.3 Å². The van der Waals surface area contributed by atoms with Crippen LogP contribution in [0.4, 0.5) is 0 Å². The lowest BCUT2D eigenvalue weighted by Crippen LogP contribution is -2.59. The molecule has 0 radical (unpaired) electrons. The molecule has 3 heteroatoms. The van der Waals surface area contributed by atoms with E-state index in [1.54, 1.807) is 0 Å². The van der Waals surface area contributed by atoms with Crippen LogP contribution >= 0.6 is 0 Å². The minimum Gasteiger partial charge on any atom is -0.381 e. The van der Waals surface area contributed by atoms with Crippen LogP contribution in [0.2, 0.25) is 0 Å². The maximum absolute atomic E-state index is 6.26. The molecule has 1 spiro atoms. The second-order valence-corrected chi connectivity index (χ2v) is 5.80. The second-order valence-electron chi connectivity index (χ2n) is 5.80. The average Bonchev–Trinajstić information content (AvgIpc) is 2.39. The van der Waals surface area contributed by atoms with Gasteiger partial charge < -0.3 is 15.4 Å². The molecule has 1 atom stereocenters. The number of nitrogens with zero attached hydrogens (tertiary/aromatic N) is 1. The summed E-state index contributed by atoms with van der Waals surface area (Å²) in [5.41, 5.74) is 8.05. The predicted octanol–water partition coefficient (Wildman–Crippen LogP) is 1.80. The van der Waals surface area contributed by atoms with Crippen molar-refractivity contribution >= 4 is 0 Å². The fourth-order valence-corrected chi connectivity index (χ4v) is 3.24. The molecule has 2 N–H and O–H groups in total. The first-order chi connectivity index (χ1) is 8.77. The Morgan fingerprint density at radius 2 is 1.83 bits per heavy atom. The molecule has 2 saturated heterocycles. The molecule has 0 aliphatic carbocycles. The molecular formula is C15H22N2O. The van der Waals surface area contributed by atoms with E-state index in [4.69, 9.17) is 10.5 Å². The van der Waals surface area contributed by atoms with Crippen LogP contribution in [0.3, 0.4) is 0 Å². The van der Waals surface area contributed by atoms with Gasteiger partial charge in [-0.05, 0) is 18.4 Å². The van der Waals surface area contributed by atoms with Crippen LogP contribution in [-0.4, -0.2) is 37.7 Å². The second kappa shape index (κ2) is 5.00. The zero-order valence-corrected chi connectivity index (χ0v) is 10.8. The largest absolute Gasteiger partial charge is 0.381 e. The van der Waals surface area contributed by atoms with Gasteiger partial charge in [0.2, 0.25) is 0 Å². The number of benzene rings is 1. The molecule has 1 aromatic carbocycles. The van der Waals surface area contributed by atoms with E-state index in [9.17, 15) is 0 Å². The van der Waals surface area contributed by atoms with Gasteiger partial charge in [-0.2, -0.15) is 0 Å². The Bertz CT molecular complexity index is 379. The summed E-state index contributed by atoms with van der Waals surface area (Å²) in [5, 5.41) is 0. The van der Waals surface area contributed by atoms with E-state index in [1.165, 1.54) is 31.5 Å². The van der Waals surface area contributed by atoms with Crippen molar-refractivity contribution < 1.29 is 4.74 Å². The molecule has 0 aromatic heterocycles. The quantitative estimate of drug-likeness (QED) is 0.884. The molecule has 0 bridgehead atoms. The van der Waals surface area contributed by atoms with Gasteiger partial charge >= 0.3 is 0 Å². The lowest BCUT2D eigenvalue weighted by molar-refractivity contribution is -0.0820. The first kappa shape index (κ1) is 12.2. The molecule has 2 fully saturated rings. The highest BCUT2D eigenvalue weighted by Gasteiger charge is 2.43. The molecule has 2 heterocycles. The Labute approximate surface area is 109 Å². The molecule has 0 saturated carbocycles. The van der Waals surface area contributed by atoms with E-state index in [2.05, 4.69) is 29.2 Å². The maximum Gasteiger partial charge on any atom is 0.0472 e. The van der Waals surface area contributed by atoms with E-state index >= 15 is 0 Å². The van der Waals surface area contributed by atoms with E-state index < -0.39 is 0 Å². The molecule has 1 aromatic rings. The Kier molecular flexibility index (Phi) is 3.37. The van der Waals surface area contributed by atoms with Gasteiger partial charge in [-0.25, -0.2) is 0 Å². The highest BCUT2D eigenvalue weighted by Crippen LogP contribution is 2.40. The van der Waals surface area contributed by atoms with Crippen molar-refractivity contribution in [3.05, 3.63) is 35.9 Å². The van der Waals surface area contributed by atoms with Crippen molar-refractivity contribution in [1.82, 2.24) is 4.90 Å². The van der Waals surface area contributed by atoms with Crippen molar-refractivity contribution in [3.63, 3.8) is 0 Å². The van der Waals surface area contributed by atoms with Crippen LogP contribution in [0.5, 0.6) is 0 Å². The predicted molar refractivity (Wildman–Crippen MR) is 72.3 cm³/mol. The third-order valence-electron chi connectivity index (χ3n) is 4.35. The number of ether oxygens (including phenoxy) is 1. The van der Waals surface area contributed by atoms with Crippen LogP contribution in [0, 0.1) is 5.41 Å². The van der Waals surface area contributed by atoms with Crippen molar-refractivity contribution in [3.8, 4) is 0 Å². The van der Waals surface area contributed by atoms with Crippen molar-refractivity contribution in [2.75, 3.05) is 32.8 Å². The monoisotopic (exact) mass is 246 g/mol. The number of hydrogen-bond acceptors (Lipinski definition) is 3. The lowest BCUT2D eigenvalue weighted by Gasteiger charge is -2.53. The highest BCUT2D eigenvalue weighted by atomic mass is 16.5. The Balaban J connectivity index is 1.51. The summed E-state index contributed by atoms with van der Waals surface area (Å²) in [7, 11) is 0. The standard InChI is InChI=1S/C15H22N2O/c16-14(13-4-2-1-3-5-13)10-17-11-15(12-17)6-8-18-9-7-15/h1-5,14H,6-12,16H2. The molecule has 0 amide bonds. The van der Waals surface area contributed by atoms with Crippen LogP contribution in [-0.2, 0) is 4.74 Å². The molecule has 18 heavy (non-hydrogen) atoms. The first-order valence-electron chi connectivity index (χ1n) is 6.88. The molecule has 2 aliphatic heterocycles. The van der Waals surface area contributed by atoms with Crippen molar-refractivity contribution in [2.45, 2.75) is 18.9 Å². The van der Waals surface area contributed by atoms with Crippen molar-refractivity contribution in [2.24, 2.45) is 11.1 Å². The van der Waals surface area contributed by atoms with Gasteiger partial charge in [0.25, 0.3) is 0 Å². The average molecular weight is 246 g/mol. The van der Waals surface area contributed by atoms with Crippen molar-refractivity contribution in [1.29, 1.82) is 0 Å². The van der Waals surface area contributed by atoms with Gasteiger partial charge in [0, 0.05) is 44.3 Å². The van der Waals surface area contributed by atoms with Gasteiger partial charge in [-0.3, -0.25) is 0 Å². The van der Waals surface area contributed by atoms with E-state index in [0.29, 0.717) is 5.41 Å². The minimum atomic E-state index is 0.142. The molecule has 2 aliphatic rings. The summed E-state index contributed by atoms with van der Waals surface area (Å²) >= 11 is 0. The maximum atomic E-state index is 6.26. The Hall–Kier alpha value is -0.900. The molecule has 3 nitrogen and oxygen atoms in total. The summed E-state index contributed by atoms with van der Waals surface area (Å²) in [6.07, 6.45) is 2.45. The van der Waals surface area contributed by atoms with Gasteiger partial charge in [-0.1, -0.05) is 30.3 Å². The van der Waals surface area contributed by atoms with Crippen LogP contribution in [0.1, 0.15) is 24.4 Å². The van der Waals surface area contributed by atoms with Gasteiger partial charge in [0.15, 0.2) is 0 Å². The summed E-state index contributed by atoms with van der Waals surface area (Å²) in [4.78, 5) is 2.49. The first-order valence-corrected chi connectivity index (χ1v) is 6.88. The summed E-state index contributed by atoms with van der Waals surface area (Å²) in [5.74, 6) is 0. The fraction of sp³-hybridized carbons (Fsp3) is 0.600. The van der Waals surface area contributed by atoms with Crippen LogP contribution in [0.25, 0.3) is 0 Å². The minimum absolute atomic E-state index is 0.142. The van der Waals surface area contributed by atoms with Gasteiger partial charge in [0.05, 0.1) is 0 Å². The van der Waals surface area contributed by atoms with E-state index in [-0.39, 0.29) is 6.04 Å². The summed E-state index contributed by atoms with van der Waals surface area (Å²) in [6, 6.07) is 10.5. The zero-order valence-electron chi connectivity index (χ0n) is 10.8. The Morgan fingerprint density at radius 3 is 2.50 bits per heavy atom. The number of nitrogens with two attached hydrogens (primary N) is 1. The number of rotatable bonds is 3. The van der Waals surface area contributed by atoms with E-state index in [1.807, 2.05) is 6.07 Å². The molecule has 98 valence electrons. The Morgan fingerprint density at radius 1 is 1.17 bits per heavy atom. The molecule has 1 unspecified atom stereocenters. The zero-order chi connectivity index (χ0) is 12.4. The topological polar surface area (TPSA) is 38.5 Å². The lowest BCUT2D eigenvalue weighted by atomic mass is 9.73. The molecular weight excluding hydrogens is 224 g/mol.